The Kier molecular flexibility index (Phi) is 5.55. The van der Waals surface area contributed by atoms with E-state index >= 15 is 0 Å². The van der Waals surface area contributed by atoms with Gasteiger partial charge in [-0.05, 0) is 31.9 Å². The fourth-order valence-electron chi connectivity index (χ4n) is 2.57. The third-order valence-corrected chi connectivity index (χ3v) is 4.09. The Labute approximate surface area is 131 Å². The summed E-state index contributed by atoms with van der Waals surface area (Å²) in [5.74, 6) is -0.434. The molecule has 5 heteroatoms. The van der Waals surface area contributed by atoms with Gasteiger partial charge >= 0.3 is 0 Å². The van der Waals surface area contributed by atoms with Crippen LogP contribution in [0, 0.1) is 12.8 Å². The minimum Gasteiger partial charge on any atom is -0.393 e. The molecule has 2 amide bonds. The number of hydrogen-bond donors (Lipinski definition) is 2. The van der Waals surface area contributed by atoms with Crippen LogP contribution in [0.5, 0.6) is 0 Å². The Morgan fingerprint density at radius 1 is 1.41 bits per heavy atom. The first kappa shape index (κ1) is 16.5. The third-order valence-electron chi connectivity index (χ3n) is 4.09. The minimum atomic E-state index is -0.380. The molecule has 0 spiro atoms. The van der Waals surface area contributed by atoms with Gasteiger partial charge in [0.05, 0.1) is 12.0 Å². The average Bonchev–Trinajstić information content (AvgIpc) is 2.90. The van der Waals surface area contributed by atoms with Crippen LogP contribution in [0.3, 0.4) is 0 Å². The number of carbonyl (C=O) groups excluding carboxylic acids is 2. The fourth-order valence-corrected chi connectivity index (χ4v) is 2.57. The van der Waals surface area contributed by atoms with Crippen molar-refractivity contribution in [3.8, 4) is 0 Å². The lowest BCUT2D eigenvalue weighted by Gasteiger charge is -2.17. The van der Waals surface area contributed by atoms with Gasteiger partial charge in [-0.25, -0.2) is 0 Å². The monoisotopic (exact) mass is 304 g/mol. The van der Waals surface area contributed by atoms with E-state index in [0.29, 0.717) is 25.9 Å². The van der Waals surface area contributed by atoms with Crippen LogP contribution in [-0.2, 0) is 9.59 Å². The molecule has 1 aliphatic rings. The molecule has 5 nitrogen and oxygen atoms in total. The van der Waals surface area contributed by atoms with E-state index in [1.54, 1.807) is 4.90 Å². The van der Waals surface area contributed by atoms with E-state index in [4.69, 9.17) is 0 Å². The molecule has 0 saturated carbocycles. The summed E-state index contributed by atoms with van der Waals surface area (Å²) in [7, 11) is 0. The van der Waals surface area contributed by atoms with Gasteiger partial charge in [0.25, 0.3) is 0 Å². The molecule has 2 N–H and O–H groups in total. The van der Waals surface area contributed by atoms with Crippen molar-refractivity contribution in [2.75, 3.05) is 18.0 Å². The van der Waals surface area contributed by atoms with E-state index < -0.39 is 0 Å². The van der Waals surface area contributed by atoms with Gasteiger partial charge in [-0.2, -0.15) is 0 Å². The van der Waals surface area contributed by atoms with E-state index in [2.05, 4.69) is 5.32 Å². The van der Waals surface area contributed by atoms with Crippen molar-refractivity contribution in [3.63, 3.8) is 0 Å². The summed E-state index contributed by atoms with van der Waals surface area (Å²) in [5.41, 5.74) is 1.98. The Hall–Kier alpha value is -1.88. The maximum absolute atomic E-state index is 12.1. The molecule has 0 bridgehead atoms. The average molecular weight is 304 g/mol. The van der Waals surface area contributed by atoms with E-state index in [9.17, 15) is 14.7 Å². The zero-order valence-corrected chi connectivity index (χ0v) is 13.2. The summed E-state index contributed by atoms with van der Waals surface area (Å²) in [5, 5.41) is 12.3. The second kappa shape index (κ2) is 7.40. The Bertz CT molecular complexity index is 527. The topological polar surface area (TPSA) is 69.6 Å². The van der Waals surface area contributed by atoms with Crippen molar-refractivity contribution in [1.29, 1.82) is 0 Å². The lowest BCUT2D eigenvalue weighted by atomic mass is 10.1. The Morgan fingerprint density at radius 3 is 2.73 bits per heavy atom. The van der Waals surface area contributed by atoms with Gasteiger partial charge in [0.2, 0.25) is 11.8 Å². The van der Waals surface area contributed by atoms with Crippen LogP contribution in [0.4, 0.5) is 5.69 Å². The fraction of sp³-hybridized carbons (Fsp3) is 0.529. The second-order valence-electron chi connectivity index (χ2n) is 5.88. The standard InChI is InChI=1S/C17H24N2O3/c1-3-15(20)8-9-18-17(22)13-10-16(21)19(11-13)14-6-4-12(2)5-7-14/h4-7,13,15,20H,3,8-11H2,1-2H3,(H,18,22). The summed E-state index contributed by atoms with van der Waals surface area (Å²) >= 11 is 0. The number of aliphatic hydroxyl groups is 1. The van der Waals surface area contributed by atoms with Crippen molar-refractivity contribution in [2.45, 2.75) is 39.2 Å². The predicted octanol–water partition coefficient (Wildman–Crippen LogP) is 1.63. The number of carbonyl (C=O) groups is 2. The summed E-state index contributed by atoms with van der Waals surface area (Å²) in [6.45, 7) is 4.77. The molecule has 1 fully saturated rings. The summed E-state index contributed by atoms with van der Waals surface area (Å²) in [6, 6.07) is 7.74. The minimum absolute atomic E-state index is 0.0161. The highest BCUT2D eigenvalue weighted by atomic mass is 16.3. The Morgan fingerprint density at radius 2 is 2.09 bits per heavy atom. The number of nitrogens with zero attached hydrogens (tertiary/aromatic N) is 1. The molecule has 0 radical (unpaired) electrons. The highest BCUT2D eigenvalue weighted by Crippen LogP contribution is 2.25. The highest BCUT2D eigenvalue weighted by molar-refractivity contribution is 6.00. The van der Waals surface area contributed by atoms with Crippen molar-refractivity contribution in [2.24, 2.45) is 5.92 Å². The Balaban J connectivity index is 1.88. The van der Waals surface area contributed by atoms with Gasteiger partial charge in [-0.1, -0.05) is 24.6 Å². The molecule has 1 aromatic carbocycles. The first-order valence-electron chi connectivity index (χ1n) is 7.84. The molecule has 2 unspecified atom stereocenters. The summed E-state index contributed by atoms with van der Waals surface area (Å²) in [4.78, 5) is 25.9. The van der Waals surface area contributed by atoms with E-state index in [1.165, 1.54) is 0 Å². The zero-order chi connectivity index (χ0) is 16.1. The third kappa shape index (κ3) is 4.07. The van der Waals surface area contributed by atoms with Crippen LogP contribution in [-0.4, -0.2) is 36.1 Å². The zero-order valence-electron chi connectivity index (χ0n) is 13.2. The van der Waals surface area contributed by atoms with Crippen LogP contribution < -0.4 is 10.2 Å². The number of aliphatic hydroxyl groups excluding tert-OH is 1. The van der Waals surface area contributed by atoms with Crippen molar-refractivity contribution in [3.05, 3.63) is 29.8 Å². The van der Waals surface area contributed by atoms with Gasteiger partial charge < -0.3 is 15.3 Å². The molecule has 2 atom stereocenters. The van der Waals surface area contributed by atoms with Gasteiger partial charge in [0.15, 0.2) is 0 Å². The molecule has 120 valence electrons. The number of amides is 2. The normalized spacial score (nSPS) is 19.3. The van der Waals surface area contributed by atoms with Crippen molar-refractivity contribution in [1.82, 2.24) is 5.32 Å². The number of rotatable bonds is 6. The van der Waals surface area contributed by atoms with Crippen molar-refractivity contribution < 1.29 is 14.7 Å². The lowest BCUT2D eigenvalue weighted by Crippen LogP contribution is -2.34. The first-order valence-corrected chi connectivity index (χ1v) is 7.84. The number of aryl methyl sites for hydroxylation is 1. The number of anilines is 1. The highest BCUT2D eigenvalue weighted by Gasteiger charge is 2.34. The molecule has 1 aromatic rings. The predicted molar refractivity (Wildman–Crippen MR) is 85.6 cm³/mol. The molecular formula is C17H24N2O3. The number of nitrogens with one attached hydrogen (secondary N) is 1. The number of hydrogen-bond acceptors (Lipinski definition) is 3. The quantitative estimate of drug-likeness (QED) is 0.839. The smallest absolute Gasteiger partial charge is 0.227 e. The van der Waals surface area contributed by atoms with Crippen LogP contribution in [0.1, 0.15) is 31.7 Å². The van der Waals surface area contributed by atoms with Gasteiger partial charge in [-0.3, -0.25) is 9.59 Å². The van der Waals surface area contributed by atoms with Gasteiger partial charge in [-0.15, -0.1) is 0 Å². The number of benzene rings is 1. The molecule has 2 rings (SSSR count). The maximum Gasteiger partial charge on any atom is 0.227 e. The summed E-state index contributed by atoms with van der Waals surface area (Å²) in [6.07, 6.45) is 1.09. The maximum atomic E-state index is 12.1. The van der Waals surface area contributed by atoms with Crippen LogP contribution in [0.25, 0.3) is 0 Å². The lowest BCUT2D eigenvalue weighted by molar-refractivity contribution is -0.126. The van der Waals surface area contributed by atoms with Crippen LogP contribution in [0.2, 0.25) is 0 Å². The van der Waals surface area contributed by atoms with Crippen molar-refractivity contribution >= 4 is 17.5 Å². The largest absolute Gasteiger partial charge is 0.393 e. The second-order valence-corrected chi connectivity index (χ2v) is 5.88. The van der Waals surface area contributed by atoms with Gasteiger partial charge in [0.1, 0.15) is 0 Å². The van der Waals surface area contributed by atoms with Gasteiger partial charge in [0, 0.05) is 25.2 Å². The van der Waals surface area contributed by atoms with E-state index in [1.807, 2.05) is 38.1 Å². The molecule has 22 heavy (non-hydrogen) atoms. The molecule has 0 aliphatic carbocycles. The molecule has 1 saturated heterocycles. The SMILES string of the molecule is CCC(O)CCNC(=O)C1CC(=O)N(c2ccc(C)cc2)C1. The van der Waals surface area contributed by atoms with Crippen LogP contribution >= 0.6 is 0 Å². The van der Waals surface area contributed by atoms with E-state index in [-0.39, 0.29) is 30.3 Å². The molecule has 1 aliphatic heterocycles. The summed E-state index contributed by atoms with van der Waals surface area (Å²) < 4.78 is 0. The van der Waals surface area contributed by atoms with E-state index in [0.717, 1.165) is 11.3 Å². The molecule has 0 aromatic heterocycles. The van der Waals surface area contributed by atoms with Crippen LogP contribution in [0.15, 0.2) is 24.3 Å². The first-order chi connectivity index (χ1) is 10.5. The molecular weight excluding hydrogens is 280 g/mol. The molecule has 1 heterocycles.